The quantitative estimate of drug-likeness (QED) is 0.493. The summed E-state index contributed by atoms with van der Waals surface area (Å²) in [6.07, 6.45) is 3.41. The second kappa shape index (κ2) is 8.06. The highest BCUT2D eigenvalue weighted by Crippen LogP contribution is 2.28. The summed E-state index contributed by atoms with van der Waals surface area (Å²) in [4.78, 5) is 21.9. The van der Waals surface area contributed by atoms with Crippen LogP contribution in [0, 0.1) is 6.92 Å². The molecule has 0 saturated heterocycles. The zero-order valence-corrected chi connectivity index (χ0v) is 15.8. The van der Waals surface area contributed by atoms with Gasteiger partial charge in [-0.15, -0.1) is 0 Å². The second-order valence-electron chi connectivity index (χ2n) is 6.01. The summed E-state index contributed by atoms with van der Waals surface area (Å²) in [6.45, 7) is 1.93. The first-order valence-electron chi connectivity index (χ1n) is 8.58. The summed E-state index contributed by atoms with van der Waals surface area (Å²) in [7, 11) is 0. The van der Waals surface area contributed by atoms with Gasteiger partial charge in [-0.3, -0.25) is 4.79 Å². The molecule has 7 heteroatoms. The molecule has 0 bridgehead atoms. The maximum absolute atomic E-state index is 12.5. The number of hydrogen-bond donors (Lipinski definition) is 1. The van der Waals surface area contributed by atoms with Crippen LogP contribution in [-0.2, 0) is 0 Å². The molecule has 4 rings (SSSR count). The largest absolute Gasteiger partial charge is 0.355 e. The average Bonchev–Trinajstić information content (AvgIpc) is 3.22. The molecule has 138 valence electrons. The first-order chi connectivity index (χ1) is 13.7. The van der Waals surface area contributed by atoms with E-state index in [0.717, 1.165) is 16.0 Å². The maximum Gasteiger partial charge on any atom is 0.277 e. The molecule has 0 atom stereocenters. The third-order valence-electron chi connectivity index (χ3n) is 4.00. The number of aromatic nitrogens is 3. The Morgan fingerprint density at radius 1 is 1.00 bits per heavy atom. The molecule has 2 heterocycles. The van der Waals surface area contributed by atoms with Crippen molar-refractivity contribution in [2.75, 3.05) is 5.32 Å². The number of rotatable bonds is 5. The molecule has 0 radical (unpaired) electrons. The van der Waals surface area contributed by atoms with Crippen molar-refractivity contribution in [1.29, 1.82) is 0 Å². The van der Waals surface area contributed by atoms with E-state index < -0.39 is 0 Å². The first kappa shape index (κ1) is 17.9. The fraction of sp³-hybridized carbons (Fsp3) is 0.0476. The Bertz CT molecular complexity index is 1100. The van der Waals surface area contributed by atoms with Gasteiger partial charge in [0.15, 0.2) is 16.6 Å². The number of benzene rings is 2. The Morgan fingerprint density at radius 3 is 2.54 bits per heavy atom. The van der Waals surface area contributed by atoms with Gasteiger partial charge in [0.25, 0.3) is 5.91 Å². The Balaban J connectivity index is 1.47. The lowest BCUT2D eigenvalue weighted by Gasteiger charge is -2.08. The number of amides is 1. The van der Waals surface area contributed by atoms with E-state index in [1.54, 1.807) is 24.5 Å². The van der Waals surface area contributed by atoms with Crippen molar-refractivity contribution < 1.29 is 9.32 Å². The standard InChI is InChI=1S/C21H16N4O2S/c1-14-12-16(28-21-22-10-5-11-23-21)8-9-17(14)24-20(26)18-13-19(27-25-18)15-6-3-2-4-7-15/h2-13H,1H3,(H,24,26). The zero-order chi connectivity index (χ0) is 19.3. The van der Waals surface area contributed by atoms with E-state index in [2.05, 4.69) is 20.4 Å². The van der Waals surface area contributed by atoms with Gasteiger partial charge in [-0.1, -0.05) is 35.5 Å². The molecule has 2 aromatic heterocycles. The molecule has 0 fully saturated rings. The number of carbonyl (C=O) groups is 1. The number of nitrogens with zero attached hydrogens (tertiary/aromatic N) is 3. The third kappa shape index (κ3) is 4.10. The van der Waals surface area contributed by atoms with Gasteiger partial charge in [0.05, 0.1) is 0 Å². The van der Waals surface area contributed by atoms with Crippen LogP contribution in [0.15, 0.2) is 87.6 Å². The van der Waals surface area contributed by atoms with Gasteiger partial charge in [-0.25, -0.2) is 9.97 Å². The van der Waals surface area contributed by atoms with Gasteiger partial charge in [0.1, 0.15) is 0 Å². The monoisotopic (exact) mass is 388 g/mol. The Morgan fingerprint density at radius 2 is 1.79 bits per heavy atom. The summed E-state index contributed by atoms with van der Waals surface area (Å²) in [6, 6.07) is 18.7. The molecule has 0 spiro atoms. The smallest absolute Gasteiger partial charge is 0.277 e. The molecular weight excluding hydrogens is 372 g/mol. The van der Waals surface area contributed by atoms with Crippen LogP contribution in [0.2, 0.25) is 0 Å². The van der Waals surface area contributed by atoms with Crippen LogP contribution in [0.25, 0.3) is 11.3 Å². The lowest BCUT2D eigenvalue weighted by molar-refractivity contribution is 0.101. The maximum atomic E-state index is 12.5. The summed E-state index contributed by atoms with van der Waals surface area (Å²) in [5.74, 6) is 0.234. The van der Waals surface area contributed by atoms with E-state index in [-0.39, 0.29) is 11.6 Å². The molecule has 1 amide bonds. The van der Waals surface area contributed by atoms with Gasteiger partial charge in [-0.2, -0.15) is 0 Å². The Kier molecular flexibility index (Phi) is 5.16. The molecule has 6 nitrogen and oxygen atoms in total. The number of aryl methyl sites for hydroxylation is 1. The predicted octanol–water partition coefficient (Wildman–Crippen LogP) is 4.84. The molecular formula is C21H16N4O2S. The van der Waals surface area contributed by atoms with Gasteiger partial charge in [0.2, 0.25) is 0 Å². The van der Waals surface area contributed by atoms with Crippen LogP contribution in [0.3, 0.4) is 0 Å². The molecule has 1 N–H and O–H groups in total. The van der Waals surface area contributed by atoms with Crippen molar-refractivity contribution in [3.63, 3.8) is 0 Å². The summed E-state index contributed by atoms with van der Waals surface area (Å²) in [5, 5.41) is 7.44. The summed E-state index contributed by atoms with van der Waals surface area (Å²) >= 11 is 1.46. The molecule has 28 heavy (non-hydrogen) atoms. The van der Waals surface area contributed by atoms with Crippen LogP contribution in [0.4, 0.5) is 5.69 Å². The molecule has 4 aromatic rings. The average molecular weight is 388 g/mol. The van der Waals surface area contributed by atoms with E-state index in [4.69, 9.17) is 4.52 Å². The van der Waals surface area contributed by atoms with E-state index >= 15 is 0 Å². The van der Waals surface area contributed by atoms with Gasteiger partial charge in [-0.05, 0) is 48.5 Å². The third-order valence-corrected chi connectivity index (χ3v) is 4.88. The van der Waals surface area contributed by atoms with Gasteiger partial charge in [0, 0.05) is 34.6 Å². The number of nitrogens with one attached hydrogen (secondary N) is 1. The fourth-order valence-corrected chi connectivity index (χ4v) is 3.40. The highest BCUT2D eigenvalue weighted by Gasteiger charge is 2.15. The van der Waals surface area contributed by atoms with Crippen molar-refractivity contribution in [1.82, 2.24) is 15.1 Å². The molecule has 0 saturated carbocycles. The lowest BCUT2D eigenvalue weighted by Crippen LogP contribution is -2.13. The second-order valence-corrected chi connectivity index (χ2v) is 7.05. The minimum Gasteiger partial charge on any atom is -0.355 e. The first-order valence-corrected chi connectivity index (χ1v) is 9.40. The van der Waals surface area contributed by atoms with Crippen molar-refractivity contribution in [2.45, 2.75) is 17.0 Å². The molecule has 0 unspecified atom stereocenters. The SMILES string of the molecule is Cc1cc(Sc2ncccn2)ccc1NC(=O)c1cc(-c2ccccc2)on1. The van der Waals surface area contributed by atoms with E-state index in [9.17, 15) is 4.79 Å². The summed E-state index contributed by atoms with van der Waals surface area (Å²) in [5.41, 5.74) is 2.75. The van der Waals surface area contributed by atoms with Crippen LogP contribution in [0.5, 0.6) is 0 Å². The minimum atomic E-state index is -0.319. The minimum absolute atomic E-state index is 0.231. The fourth-order valence-electron chi connectivity index (χ4n) is 2.59. The Hall–Kier alpha value is -3.45. The van der Waals surface area contributed by atoms with Crippen molar-refractivity contribution in [3.05, 3.63) is 84.3 Å². The number of anilines is 1. The normalized spacial score (nSPS) is 10.6. The van der Waals surface area contributed by atoms with Crippen LogP contribution >= 0.6 is 11.8 Å². The van der Waals surface area contributed by atoms with Crippen LogP contribution < -0.4 is 5.32 Å². The molecule has 2 aromatic carbocycles. The van der Waals surface area contributed by atoms with Crippen molar-refractivity contribution in [2.24, 2.45) is 0 Å². The number of carbonyl (C=O) groups excluding carboxylic acids is 1. The van der Waals surface area contributed by atoms with E-state index in [1.165, 1.54) is 11.8 Å². The molecule has 0 aliphatic heterocycles. The van der Waals surface area contributed by atoms with Gasteiger partial charge >= 0.3 is 0 Å². The van der Waals surface area contributed by atoms with Crippen molar-refractivity contribution in [3.8, 4) is 11.3 Å². The summed E-state index contributed by atoms with van der Waals surface area (Å²) < 4.78 is 5.30. The lowest BCUT2D eigenvalue weighted by atomic mass is 10.1. The number of hydrogen-bond acceptors (Lipinski definition) is 6. The van der Waals surface area contributed by atoms with E-state index in [1.807, 2.05) is 55.5 Å². The Labute approximate surface area is 166 Å². The van der Waals surface area contributed by atoms with Gasteiger partial charge < -0.3 is 9.84 Å². The highest BCUT2D eigenvalue weighted by molar-refractivity contribution is 7.99. The molecule has 0 aliphatic carbocycles. The predicted molar refractivity (Wildman–Crippen MR) is 107 cm³/mol. The van der Waals surface area contributed by atoms with E-state index in [0.29, 0.717) is 16.6 Å². The topological polar surface area (TPSA) is 80.9 Å². The zero-order valence-electron chi connectivity index (χ0n) is 15.0. The van der Waals surface area contributed by atoms with Crippen LogP contribution in [0.1, 0.15) is 16.1 Å². The van der Waals surface area contributed by atoms with Crippen molar-refractivity contribution >= 4 is 23.4 Å². The van der Waals surface area contributed by atoms with Crippen LogP contribution in [-0.4, -0.2) is 21.0 Å². The molecule has 0 aliphatic rings. The highest BCUT2D eigenvalue weighted by atomic mass is 32.2.